The molecule has 0 aliphatic rings. The normalized spacial score (nSPS) is 11.3. The molecular formula is C11H11NO4S. The summed E-state index contributed by atoms with van der Waals surface area (Å²) in [4.78, 5) is 22.8. The van der Waals surface area contributed by atoms with Crippen molar-refractivity contribution >= 4 is 23.2 Å². The minimum Gasteiger partial charge on any atom is -0.496 e. The molecule has 0 spiro atoms. The first-order valence-corrected chi connectivity index (χ1v) is 5.56. The zero-order valence-electron chi connectivity index (χ0n) is 9.10. The van der Waals surface area contributed by atoms with Crippen molar-refractivity contribution in [3.63, 3.8) is 0 Å². The summed E-state index contributed by atoms with van der Waals surface area (Å²) in [5.74, 6) is 1.14. The van der Waals surface area contributed by atoms with Crippen molar-refractivity contribution in [1.29, 1.82) is 0 Å². The number of ether oxygens (including phenoxy) is 1. The van der Waals surface area contributed by atoms with Crippen molar-refractivity contribution in [3.8, 4) is 18.1 Å². The molecule has 5 nitrogen and oxygen atoms in total. The van der Waals surface area contributed by atoms with Crippen LogP contribution in [-0.2, 0) is 4.79 Å². The Hall–Kier alpha value is -2.00. The van der Waals surface area contributed by atoms with Gasteiger partial charge in [0.05, 0.1) is 12.0 Å². The topological polar surface area (TPSA) is 75.6 Å². The number of carboxylic acid groups (broad SMARTS) is 1. The second kappa shape index (κ2) is 5.92. The van der Waals surface area contributed by atoms with Crippen LogP contribution in [0, 0.1) is 12.3 Å². The average molecular weight is 253 g/mol. The molecule has 0 aliphatic carbocycles. The Morgan fingerprint density at radius 2 is 2.41 bits per heavy atom. The minimum absolute atomic E-state index is 0.0520. The van der Waals surface area contributed by atoms with Gasteiger partial charge in [-0.2, -0.15) is 0 Å². The molecule has 2 N–H and O–H groups in total. The van der Waals surface area contributed by atoms with E-state index < -0.39 is 17.9 Å². The zero-order chi connectivity index (χ0) is 12.8. The Labute approximate surface area is 102 Å². The van der Waals surface area contributed by atoms with E-state index in [0.29, 0.717) is 10.6 Å². The Morgan fingerprint density at radius 1 is 1.71 bits per heavy atom. The molecule has 17 heavy (non-hydrogen) atoms. The molecule has 1 atom stereocenters. The van der Waals surface area contributed by atoms with Gasteiger partial charge in [-0.15, -0.1) is 23.7 Å². The first-order chi connectivity index (χ1) is 8.08. The monoisotopic (exact) mass is 253 g/mol. The smallest absolute Gasteiger partial charge is 0.327 e. The molecule has 1 unspecified atom stereocenters. The van der Waals surface area contributed by atoms with Gasteiger partial charge < -0.3 is 15.2 Å². The van der Waals surface area contributed by atoms with Gasteiger partial charge in [0.2, 0.25) is 0 Å². The number of methoxy groups -OCH3 is 1. The van der Waals surface area contributed by atoms with E-state index in [1.54, 1.807) is 5.38 Å². The Morgan fingerprint density at radius 3 is 2.88 bits per heavy atom. The number of hydrogen-bond donors (Lipinski definition) is 2. The van der Waals surface area contributed by atoms with Crippen LogP contribution in [0.3, 0.4) is 0 Å². The van der Waals surface area contributed by atoms with Gasteiger partial charge in [0.25, 0.3) is 5.91 Å². The third-order valence-corrected chi connectivity index (χ3v) is 2.87. The minimum atomic E-state index is -1.15. The largest absolute Gasteiger partial charge is 0.496 e. The van der Waals surface area contributed by atoms with Crippen molar-refractivity contribution in [3.05, 3.63) is 16.3 Å². The quantitative estimate of drug-likeness (QED) is 0.766. The maximum atomic E-state index is 11.7. The summed E-state index contributed by atoms with van der Waals surface area (Å²) in [6, 6.07) is 0.468. The summed E-state index contributed by atoms with van der Waals surface area (Å²) in [6.07, 6.45) is 4.97. The highest BCUT2D eigenvalue weighted by atomic mass is 32.1. The summed E-state index contributed by atoms with van der Waals surface area (Å²) < 4.78 is 4.93. The number of carbonyl (C=O) groups is 2. The second-order valence-electron chi connectivity index (χ2n) is 3.12. The molecule has 1 rings (SSSR count). The molecule has 1 aromatic heterocycles. The van der Waals surface area contributed by atoms with Crippen LogP contribution in [0.25, 0.3) is 0 Å². The molecule has 0 bridgehead atoms. The van der Waals surface area contributed by atoms with E-state index in [1.807, 2.05) is 0 Å². The van der Waals surface area contributed by atoms with E-state index in [9.17, 15) is 9.59 Å². The molecule has 0 saturated heterocycles. The number of nitrogens with one attached hydrogen (secondary N) is 1. The molecule has 1 heterocycles. The van der Waals surface area contributed by atoms with Crippen LogP contribution in [0.15, 0.2) is 11.4 Å². The van der Waals surface area contributed by atoms with Crippen molar-refractivity contribution in [1.82, 2.24) is 5.32 Å². The van der Waals surface area contributed by atoms with Gasteiger partial charge in [-0.25, -0.2) is 4.79 Å². The van der Waals surface area contributed by atoms with Crippen LogP contribution in [0.5, 0.6) is 5.75 Å². The van der Waals surface area contributed by atoms with Crippen molar-refractivity contribution in [2.45, 2.75) is 12.5 Å². The van der Waals surface area contributed by atoms with E-state index in [-0.39, 0.29) is 6.42 Å². The van der Waals surface area contributed by atoms with Gasteiger partial charge >= 0.3 is 5.97 Å². The molecule has 0 aliphatic heterocycles. The number of amides is 1. The lowest BCUT2D eigenvalue weighted by molar-refractivity contribution is -0.139. The molecular weight excluding hydrogens is 242 g/mol. The number of carboxylic acids is 1. The van der Waals surface area contributed by atoms with Crippen LogP contribution in [0.2, 0.25) is 0 Å². The molecule has 0 saturated carbocycles. The highest BCUT2D eigenvalue weighted by Gasteiger charge is 2.20. The summed E-state index contributed by atoms with van der Waals surface area (Å²) >= 11 is 1.17. The highest BCUT2D eigenvalue weighted by Crippen LogP contribution is 2.20. The third kappa shape index (κ3) is 3.50. The molecule has 1 aromatic rings. The lowest BCUT2D eigenvalue weighted by Crippen LogP contribution is -2.40. The zero-order valence-corrected chi connectivity index (χ0v) is 9.91. The molecule has 0 aromatic carbocycles. The molecule has 0 fully saturated rings. The number of hydrogen-bond acceptors (Lipinski definition) is 4. The molecule has 90 valence electrons. The average Bonchev–Trinajstić information content (AvgIpc) is 2.76. The lowest BCUT2D eigenvalue weighted by Gasteiger charge is -2.10. The first-order valence-electron chi connectivity index (χ1n) is 4.68. The van der Waals surface area contributed by atoms with Gasteiger partial charge in [0.15, 0.2) is 0 Å². The van der Waals surface area contributed by atoms with Gasteiger partial charge in [-0.3, -0.25) is 4.79 Å². The van der Waals surface area contributed by atoms with E-state index in [1.165, 1.54) is 24.5 Å². The molecule has 1 amide bonds. The Kier molecular flexibility index (Phi) is 4.55. The fourth-order valence-electron chi connectivity index (χ4n) is 1.09. The van der Waals surface area contributed by atoms with Crippen LogP contribution in [0.1, 0.15) is 16.1 Å². The van der Waals surface area contributed by atoms with Crippen molar-refractivity contribution < 1.29 is 19.4 Å². The Bertz CT molecular complexity index is 460. The van der Waals surface area contributed by atoms with E-state index in [4.69, 9.17) is 16.3 Å². The fourth-order valence-corrected chi connectivity index (χ4v) is 1.85. The van der Waals surface area contributed by atoms with Crippen LogP contribution in [0.4, 0.5) is 0 Å². The number of aliphatic carboxylic acids is 1. The maximum Gasteiger partial charge on any atom is 0.327 e. The van der Waals surface area contributed by atoms with Gasteiger partial charge in [-0.1, -0.05) is 0 Å². The summed E-state index contributed by atoms with van der Waals surface area (Å²) in [7, 11) is 1.49. The second-order valence-corrected chi connectivity index (χ2v) is 4.03. The number of terminal acetylenes is 1. The maximum absolute atomic E-state index is 11.7. The van der Waals surface area contributed by atoms with E-state index >= 15 is 0 Å². The number of thiophene rings is 1. The fraction of sp³-hybridized carbons (Fsp3) is 0.273. The van der Waals surface area contributed by atoms with Gasteiger partial charge in [0, 0.05) is 17.9 Å². The van der Waals surface area contributed by atoms with Crippen molar-refractivity contribution in [2.75, 3.05) is 7.11 Å². The van der Waals surface area contributed by atoms with E-state index in [0.717, 1.165) is 0 Å². The van der Waals surface area contributed by atoms with E-state index in [2.05, 4.69) is 11.2 Å². The SMILES string of the molecule is C#CCC(NC(=O)c1cc(OC)cs1)C(=O)O. The van der Waals surface area contributed by atoms with Gasteiger partial charge in [0.1, 0.15) is 11.8 Å². The predicted octanol–water partition coefficient (Wildman–Crippen LogP) is 0.963. The first kappa shape index (κ1) is 13.1. The molecule has 6 heteroatoms. The van der Waals surface area contributed by atoms with Crippen molar-refractivity contribution in [2.24, 2.45) is 0 Å². The lowest BCUT2D eigenvalue weighted by atomic mass is 10.2. The van der Waals surface area contributed by atoms with Crippen LogP contribution in [-0.4, -0.2) is 30.1 Å². The van der Waals surface area contributed by atoms with Crippen LogP contribution < -0.4 is 10.1 Å². The number of rotatable bonds is 5. The molecule has 0 radical (unpaired) electrons. The number of carbonyl (C=O) groups excluding carboxylic acids is 1. The summed E-state index contributed by atoms with van der Waals surface area (Å²) in [5.41, 5.74) is 0. The summed E-state index contributed by atoms with van der Waals surface area (Å²) in [5, 5.41) is 12.8. The Balaban J connectivity index is 2.70. The third-order valence-electron chi connectivity index (χ3n) is 1.96. The van der Waals surface area contributed by atoms with Crippen LogP contribution >= 0.6 is 11.3 Å². The highest BCUT2D eigenvalue weighted by molar-refractivity contribution is 7.12. The predicted molar refractivity (Wildman–Crippen MR) is 63.2 cm³/mol. The standard InChI is InChI=1S/C11H11NO4S/c1-3-4-8(11(14)15)12-10(13)9-5-7(16-2)6-17-9/h1,5-6,8H,4H2,2H3,(H,12,13)(H,14,15). The van der Waals surface area contributed by atoms with Gasteiger partial charge in [-0.05, 0) is 0 Å². The summed E-state index contributed by atoms with van der Waals surface area (Å²) in [6.45, 7) is 0.